The fraction of sp³-hybridized carbons (Fsp3) is 0.269. The molecule has 0 fully saturated rings. The summed E-state index contributed by atoms with van der Waals surface area (Å²) >= 11 is 0. The summed E-state index contributed by atoms with van der Waals surface area (Å²) in [6.45, 7) is 4.86. The number of sulfonamides is 1. The summed E-state index contributed by atoms with van der Waals surface area (Å²) in [7, 11) is -3.45. The van der Waals surface area contributed by atoms with Crippen molar-refractivity contribution in [3.63, 3.8) is 0 Å². The van der Waals surface area contributed by atoms with E-state index < -0.39 is 10.0 Å². The Bertz CT molecular complexity index is 1120. The maximum Gasteiger partial charge on any atom is 0.221 e. The minimum atomic E-state index is -3.45. The second-order valence-corrected chi connectivity index (χ2v) is 10.4. The van der Waals surface area contributed by atoms with Crippen LogP contribution in [0.25, 0.3) is 11.1 Å². The van der Waals surface area contributed by atoms with Crippen LogP contribution in [-0.4, -0.2) is 25.2 Å². The quantitative estimate of drug-likeness (QED) is 0.498. The van der Waals surface area contributed by atoms with Crippen LogP contribution in [0.4, 0.5) is 0 Å². The predicted octanol–water partition coefficient (Wildman–Crippen LogP) is 4.37. The van der Waals surface area contributed by atoms with Crippen LogP contribution >= 0.6 is 0 Å². The van der Waals surface area contributed by atoms with Gasteiger partial charge in [-0.05, 0) is 33.7 Å². The van der Waals surface area contributed by atoms with Crippen molar-refractivity contribution in [2.75, 3.05) is 6.54 Å². The number of nitrogens with zero attached hydrogens (tertiary/aromatic N) is 1. The molecule has 0 unspecified atom stereocenters. The largest absolute Gasteiger partial charge is 0.369 e. The lowest BCUT2D eigenvalue weighted by Crippen LogP contribution is -2.34. The van der Waals surface area contributed by atoms with E-state index in [1.807, 2.05) is 92.7 Å². The van der Waals surface area contributed by atoms with Gasteiger partial charge in [-0.3, -0.25) is 4.79 Å². The Labute approximate surface area is 190 Å². The van der Waals surface area contributed by atoms with Gasteiger partial charge in [0, 0.05) is 13.1 Å². The molecule has 0 spiro atoms. The summed E-state index contributed by atoms with van der Waals surface area (Å²) in [6, 6.07) is 24.9. The molecule has 6 heteroatoms. The van der Waals surface area contributed by atoms with Gasteiger partial charge in [0.05, 0.1) is 12.2 Å². The second kappa shape index (κ2) is 10.6. The first-order chi connectivity index (χ1) is 15.2. The van der Waals surface area contributed by atoms with Crippen LogP contribution in [0.15, 0.2) is 78.9 Å². The Morgan fingerprint density at radius 3 is 1.84 bits per heavy atom. The third-order valence-electron chi connectivity index (χ3n) is 5.13. The molecule has 0 aliphatic carbocycles. The zero-order valence-electron chi connectivity index (χ0n) is 18.6. The fourth-order valence-corrected chi connectivity index (χ4v) is 5.25. The average molecular weight is 451 g/mol. The highest BCUT2D eigenvalue weighted by atomic mass is 32.2. The van der Waals surface area contributed by atoms with Crippen LogP contribution in [0.2, 0.25) is 0 Å². The summed E-state index contributed by atoms with van der Waals surface area (Å²) in [4.78, 5) is 11.1. The van der Waals surface area contributed by atoms with Gasteiger partial charge in [-0.25, -0.2) is 8.42 Å². The summed E-state index contributed by atoms with van der Waals surface area (Å²) < 4.78 is 27.8. The second-order valence-electron chi connectivity index (χ2n) is 8.47. The van der Waals surface area contributed by atoms with Crippen molar-refractivity contribution in [1.29, 1.82) is 0 Å². The number of hydrogen-bond donors (Lipinski definition) is 1. The van der Waals surface area contributed by atoms with Gasteiger partial charge in [0.15, 0.2) is 0 Å². The first-order valence-electron chi connectivity index (χ1n) is 10.7. The average Bonchev–Trinajstić information content (AvgIpc) is 2.74. The highest BCUT2D eigenvalue weighted by Gasteiger charge is 2.23. The highest BCUT2D eigenvalue weighted by Crippen LogP contribution is 2.22. The summed E-state index contributed by atoms with van der Waals surface area (Å²) in [5, 5.41) is 0. The number of primary amides is 1. The molecule has 2 N–H and O–H groups in total. The first-order valence-corrected chi connectivity index (χ1v) is 12.3. The molecule has 0 aromatic heterocycles. The fourth-order valence-electron chi connectivity index (χ4n) is 3.58. The van der Waals surface area contributed by atoms with Gasteiger partial charge in [0.1, 0.15) is 0 Å². The first kappa shape index (κ1) is 23.7. The molecule has 0 aliphatic heterocycles. The Morgan fingerprint density at radius 1 is 0.812 bits per heavy atom. The molecule has 5 nitrogen and oxygen atoms in total. The third-order valence-corrected chi connectivity index (χ3v) is 6.90. The van der Waals surface area contributed by atoms with E-state index in [0.717, 1.165) is 27.8 Å². The molecule has 0 saturated heterocycles. The Hall–Kier alpha value is -2.96. The SMILES string of the molecule is CC(C)CN(Cc1ccc(-c2ccc(CC(N)=O)cc2)cc1)S(=O)(=O)Cc1ccccc1. The topological polar surface area (TPSA) is 80.5 Å². The van der Waals surface area contributed by atoms with E-state index in [-0.39, 0.29) is 24.0 Å². The number of rotatable bonds is 10. The van der Waals surface area contributed by atoms with Gasteiger partial charge >= 0.3 is 0 Å². The third kappa shape index (κ3) is 6.77. The molecule has 32 heavy (non-hydrogen) atoms. The van der Waals surface area contributed by atoms with Crippen molar-refractivity contribution in [3.8, 4) is 11.1 Å². The maximum atomic E-state index is 13.1. The van der Waals surface area contributed by atoms with Crippen molar-refractivity contribution < 1.29 is 13.2 Å². The van der Waals surface area contributed by atoms with Gasteiger partial charge in [-0.1, -0.05) is 92.7 Å². The molecule has 168 valence electrons. The zero-order valence-corrected chi connectivity index (χ0v) is 19.4. The van der Waals surface area contributed by atoms with Gasteiger partial charge in [-0.2, -0.15) is 4.31 Å². The molecule has 3 aromatic rings. The van der Waals surface area contributed by atoms with Crippen LogP contribution in [0.3, 0.4) is 0 Å². The molecular weight excluding hydrogens is 420 g/mol. The normalized spacial score (nSPS) is 11.8. The molecule has 3 aromatic carbocycles. The maximum absolute atomic E-state index is 13.1. The van der Waals surface area contributed by atoms with Crippen molar-refractivity contribution in [1.82, 2.24) is 4.31 Å². The van der Waals surface area contributed by atoms with Crippen LogP contribution in [0.5, 0.6) is 0 Å². The van der Waals surface area contributed by atoms with E-state index >= 15 is 0 Å². The van der Waals surface area contributed by atoms with E-state index in [1.54, 1.807) is 4.31 Å². The molecule has 0 aliphatic rings. The van der Waals surface area contributed by atoms with Gasteiger partial charge in [0.25, 0.3) is 0 Å². The monoisotopic (exact) mass is 450 g/mol. The smallest absolute Gasteiger partial charge is 0.221 e. The number of amides is 1. The number of carbonyl (C=O) groups is 1. The lowest BCUT2D eigenvalue weighted by Gasteiger charge is -2.24. The van der Waals surface area contributed by atoms with Gasteiger partial charge in [-0.15, -0.1) is 0 Å². The molecule has 0 bridgehead atoms. The van der Waals surface area contributed by atoms with Crippen molar-refractivity contribution in [3.05, 3.63) is 95.6 Å². The van der Waals surface area contributed by atoms with E-state index in [2.05, 4.69) is 0 Å². The number of benzene rings is 3. The number of nitrogens with two attached hydrogens (primary N) is 1. The molecule has 0 heterocycles. The van der Waals surface area contributed by atoms with Crippen molar-refractivity contribution >= 4 is 15.9 Å². The van der Waals surface area contributed by atoms with E-state index in [1.165, 1.54) is 0 Å². The molecule has 0 radical (unpaired) electrons. The molecular formula is C26H30N2O3S. The van der Waals surface area contributed by atoms with Gasteiger partial charge < -0.3 is 5.73 Å². The Balaban J connectivity index is 1.75. The van der Waals surface area contributed by atoms with E-state index in [4.69, 9.17) is 5.73 Å². The van der Waals surface area contributed by atoms with Crippen molar-refractivity contribution in [2.24, 2.45) is 11.7 Å². The Kier molecular flexibility index (Phi) is 7.83. The minimum absolute atomic E-state index is 0.00368. The molecule has 0 saturated carbocycles. The standard InChI is InChI=1S/C26H30N2O3S/c1-20(2)17-28(32(30,31)19-23-6-4-3-5-7-23)18-22-10-14-25(15-11-22)24-12-8-21(9-13-24)16-26(27)29/h3-15,20H,16-19H2,1-2H3,(H2,27,29). The van der Waals surface area contributed by atoms with Crippen LogP contribution in [0.1, 0.15) is 30.5 Å². The number of carbonyl (C=O) groups excluding carboxylic acids is 1. The number of hydrogen-bond acceptors (Lipinski definition) is 3. The highest BCUT2D eigenvalue weighted by molar-refractivity contribution is 7.88. The van der Waals surface area contributed by atoms with Crippen LogP contribution < -0.4 is 5.73 Å². The summed E-state index contributed by atoms with van der Waals surface area (Å²) in [5.41, 5.74) is 9.92. The van der Waals surface area contributed by atoms with Gasteiger partial charge in [0.2, 0.25) is 15.9 Å². The molecule has 0 atom stereocenters. The molecule has 3 rings (SSSR count). The lowest BCUT2D eigenvalue weighted by atomic mass is 10.0. The Morgan fingerprint density at radius 2 is 1.34 bits per heavy atom. The predicted molar refractivity (Wildman–Crippen MR) is 129 cm³/mol. The van der Waals surface area contributed by atoms with E-state index in [9.17, 15) is 13.2 Å². The zero-order chi connectivity index (χ0) is 23.1. The minimum Gasteiger partial charge on any atom is -0.369 e. The molecule has 1 amide bonds. The lowest BCUT2D eigenvalue weighted by molar-refractivity contribution is -0.117. The summed E-state index contributed by atoms with van der Waals surface area (Å²) in [5.74, 6) is -0.134. The van der Waals surface area contributed by atoms with E-state index in [0.29, 0.717) is 13.1 Å². The van der Waals surface area contributed by atoms with Crippen LogP contribution in [-0.2, 0) is 33.5 Å². The van der Waals surface area contributed by atoms with Crippen LogP contribution in [0, 0.1) is 5.92 Å². The van der Waals surface area contributed by atoms with Crippen molar-refractivity contribution in [2.45, 2.75) is 32.6 Å². The summed E-state index contributed by atoms with van der Waals surface area (Å²) in [6.07, 6.45) is 0.225.